The van der Waals surface area contributed by atoms with Gasteiger partial charge in [-0.15, -0.1) is 0 Å². The SMILES string of the molecule is CCCNC(=O)C(C)N(Cc1ccc(Cl)cc1Cl)C(=O)CN(c1cc(Cl)ccc1Cl)S(C)(=O)=O. The summed E-state index contributed by atoms with van der Waals surface area (Å²) < 4.78 is 26.0. The number of anilines is 1. The molecule has 2 rings (SSSR count). The Bertz CT molecular complexity index is 1160. The van der Waals surface area contributed by atoms with Crippen LogP contribution in [0.2, 0.25) is 20.1 Å². The monoisotopic (exact) mass is 567 g/mol. The zero-order valence-electron chi connectivity index (χ0n) is 18.8. The molecule has 0 fully saturated rings. The second kappa shape index (κ2) is 12.3. The van der Waals surface area contributed by atoms with E-state index in [9.17, 15) is 18.0 Å². The summed E-state index contributed by atoms with van der Waals surface area (Å²) in [5.74, 6) is -1.02. The zero-order valence-corrected chi connectivity index (χ0v) is 22.7. The Kier molecular flexibility index (Phi) is 10.3. The lowest BCUT2D eigenvalue weighted by Gasteiger charge is -2.32. The van der Waals surface area contributed by atoms with E-state index in [1.54, 1.807) is 19.1 Å². The fourth-order valence-corrected chi connectivity index (χ4v) is 4.84. The van der Waals surface area contributed by atoms with Gasteiger partial charge in [0.2, 0.25) is 21.8 Å². The molecule has 7 nitrogen and oxygen atoms in total. The number of nitrogens with zero attached hydrogens (tertiary/aromatic N) is 2. The number of amides is 2. The summed E-state index contributed by atoms with van der Waals surface area (Å²) in [4.78, 5) is 27.4. The van der Waals surface area contributed by atoms with Crippen molar-refractivity contribution in [1.29, 1.82) is 0 Å². The van der Waals surface area contributed by atoms with E-state index in [1.807, 2.05) is 6.92 Å². The number of carbonyl (C=O) groups is 2. The van der Waals surface area contributed by atoms with Gasteiger partial charge in [0.25, 0.3) is 0 Å². The molecule has 0 spiro atoms. The van der Waals surface area contributed by atoms with Crippen molar-refractivity contribution in [2.45, 2.75) is 32.9 Å². The number of hydrogen-bond donors (Lipinski definition) is 1. The summed E-state index contributed by atoms with van der Waals surface area (Å²) in [6.07, 6.45) is 1.67. The number of halogens is 4. The van der Waals surface area contributed by atoms with E-state index in [0.717, 1.165) is 10.6 Å². The average Bonchev–Trinajstić information content (AvgIpc) is 2.75. The van der Waals surface area contributed by atoms with Crippen LogP contribution in [0.4, 0.5) is 5.69 Å². The molecular formula is C22H25Cl4N3O4S. The lowest BCUT2D eigenvalue weighted by Crippen LogP contribution is -2.51. The number of sulfonamides is 1. The van der Waals surface area contributed by atoms with Crippen molar-refractivity contribution in [2.24, 2.45) is 0 Å². The minimum absolute atomic E-state index is 0.0452. The van der Waals surface area contributed by atoms with Crippen molar-refractivity contribution < 1.29 is 18.0 Å². The first-order valence-corrected chi connectivity index (χ1v) is 13.6. The van der Waals surface area contributed by atoms with E-state index >= 15 is 0 Å². The van der Waals surface area contributed by atoms with Gasteiger partial charge in [-0.2, -0.15) is 0 Å². The van der Waals surface area contributed by atoms with Crippen LogP contribution in [-0.4, -0.2) is 50.5 Å². The quantitative estimate of drug-likeness (QED) is 0.436. The molecule has 186 valence electrons. The third-order valence-electron chi connectivity index (χ3n) is 4.93. The molecule has 2 aromatic rings. The Morgan fingerprint density at radius 3 is 2.21 bits per heavy atom. The molecule has 2 amide bonds. The predicted molar refractivity (Wildman–Crippen MR) is 138 cm³/mol. The molecule has 1 unspecified atom stereocenters. The van der Waals surface area contributed by atoms with Crippen molar-refractivity contribution >= 4 is 73.9 Å². The molecule has 0 radical (unpaired) electrons. The van der Waals surface area contributed by atoms with Gasteiger partial charge in [0.1, 0.15) is 12.6 Å². The molecule has 0 aliphatic rings. The van der Waals surface area contributed by atoms with Gasteiger partial charge in [0, 0.05) is 28.2 Å². The molecule has 12 heteroatoms. The first-order valence-electron chi connectivity index (χ1n) is 10.3. The molecule has 34 heavy (non-hydrogen) atoms. The number of carbonyl (C=O) groups excluding carboxylic acids is 2. The third kappa shape index (κ3) is 7.65. The van der Waals surface area contributed by atoms with Crippen molar-refractivity contribution in [3.05, 3.63) is 62.1 Å². The standard InChI is InChI=1S/C22H25Cl4N3O4S/c1-4-9-27-22(31)14(2)28(12-15-5-6-16(23)10-19(15)26)21(30)13-29(34(3,32)33)20-11-17(24)7-8-18(20)25/h5-8,10-11,14H,4,9,12-13H2,1-3H3,(H,27,31). The van der Waals surface area contributed by atoms with Gasteiger partial charge in [-0.05, 0) is 49.2 Å². The van der Waals surface area contributed by atoms with E-state index in [2.05, 4.69) is 5.32 Å². The Morgan fingerprint density at radius 1 is 1.00 bits per heavy atom. The van der Waals surface area contributed by atoms with Crippen molar-refractivity contribution in [2.75, 3.05) is 23.7 Å². The summed E-state index contributed by atoms with van der Waals surface area (Å²) in [5.41, 5.74) is 0.596. The van der Waals surface area contributed by atoms with Crippen molar-refractivity contribution in [3.8, 4) is 0 Å². The highest BCUT2D eigenvalue weighted by Gasteiger charge is 2.31. The van der Waals surface area contributed by atoms with E-state index in [1.165, 1.54) is 29.2 Å². The summed E-state index contributed by atoms with van der Waals surface area (Å²) in [6.45, 7) is 3.25. The number of benzene rings is 2. The van der Waals surface area contributed by atoms with Gasteiger partial charge in [0.05, 0.1) is 17.0 Å². The molecule has 1 N–H and O–H groups in total. The van der Waals surface area contributed by atoms with Crippen LogP contribution in [0.3, 0.4) is 0 Å². The van der Waals surface area contributed by atoms with Crippen LogP contribution in [0, 0.1) is 0 Å². The fraction of sp³-hybridized carbons (Fsp3) is 0.364. The minimum atomic E-state index is -3.93. The second-order valence-electron chi connectivity index (χ2n) is 7.59. The number of rotatable bonds is 10. The van der Waals surface area contributed by atoms with Crippen molar-refractivity contribution in [1.82, 2.24) is 10.2 Å². The molecular weight excluding hydrogens is 544 g/mol. The van der Waals surface area contributed by atoms with Gasteiger partial charge < -0.3 is 10.2 Å². The Hall–Kier alpha value is -1.71. The molecule has 1 atom stereocenters. The Morgan fingerprint density at radius 2 is 1.62 bits per heavy atom. The predicted octanol–water partition coefficient (Wildman–Crippen LogP) is 5.01. The van der Waals surface area contributed by atoms with E-state index in [-0.39, 0.29) is 28.2 Å². The Balaban J connectivity index is 2.45. The number of nitrogens with one attached hydrogen (secondary N) is 1. The smallest absolute Gasteiger partial charge is 0.244 e. The molecule has 0 aromatic heterocycles. The Labute approximate surface area is 220 Å². The molecule has 0 aliphatic heterocycles. The van der Waals surface area contributed by atoms with Crippen LogP contribution >= 0.6 is 46.4 Å². The lowest BCUT2D eigenvalue weighted by molar-refractivity contribution is -0.139. The maximum Gasteiger partial charge on any atom is 0.244 e. The van der Waals surface area contributed by atoms with Crippen LogP contribution in [-0.2, 0) is 26.2 Å². The molecule has 2 aromatic carbocycles. The van der Waals surface area contributed by atoms with Gasteiger partial charge >= 0.3 is 0 Å². The lowest BCUT2D eigenvalue weighted by atomic mass is 10.1. The van der Waals surface area contributed by atoms with Gasteiger partial charge in [0.15, 0.2) is 0 Å². The van der Waals surface area contributed by atoms with E-state index in [0.29, 0.717) is 28.6 Å². The van der Waals surface area contributed by atoms with E-state index in [4.69, 9.17) is 46.4 Å². The summed E-state index contributed by atoms with van der Waals surface area (Å²) in [6, 6.07) is 8.17. The first kappa shape index (κ1) is 28.5. The fourth-order valence-electron chi connectivity index (χ4n) is 3.08. The topological polar surface area (TPSA) is 86.8 Å². The molecule has 0 saturated carbocycles. The van der Waals surface area contributed by atoms with Gasteiger partial charge in [-0.1, -0.05) is 59.4 Å². The largest absolute Gasteiger partial charge is 0.354 e. The highest BCUT2D eigenvalue weighted by molar-refractivity contribution is 7.92. The molecule has 0 saturated heterocycles. The van der Waals surface area contributed by atoms with Crippen LogP contribution in [0.15, 0.2) is 36.4 Å². The van der Waals surface area contributed by atoms with Gasteiger partial charge in [-0.3, -0.25) is 13.9 Å². The summed E-state index contributed by atoms with van der Waals surface area (Å²) in [5, 5.41) is 3.83. The molecule has 0 heterocycles. The van der Waals surface area contributed by atoms with Crippen LogP contribution in [0.1, 0.15) is 25.8 Å². The van der Waals surface area contributed by atoms with E-state index < -0.39 is 28.5 Å². The minimum Gasteiger partial charge on any atom is -0.354 e. The summed E-state index contributed by atoms with van der Waals surface area (Å²) >= 11 is 24.5. The maximum atomic E-state index is 13.5. The first-order chi connectivity index (χ1) is 15.8. The van der Waals surface area contributed by atoms with Gasteiger partial charge in [-0.25, -0.2) is 8.42 Å². The van der Waals surface area contributed by atoms with Crippen LogP contribution in [0.5, 0.6) is 0 Å². The van der Waals surface area contributed by atoms with Crippen LogP contribution in [0.25, 0.3) is 0 Å². The highest BCUT2D eigenvalue weighted by Crippen LogP contribution is 2.31. The normalized spacial score (nSPS) is 12.2. The zero-order chi connectivity index (χ0) is 25.6. The maximum absolute atomic E-state index is 13.5. The number of hydrogen-bond acceptors (Lipinski definition) is 4. The third-order valence-corrected chi connectivity index (χ3v) is 7.20. The second-order valence-corrected chi connectivity index (χ2v) is 11.2. The summed E-state index contributed by atoms with van der Waals surface area (Å²) in [7, 11) is -3.93. The molecule has 0 aliphatic carbocycles. The van der Waals surface area contributed by atoms with Crippen molar-refractivity contribution in [3.63, 3.8) is 0 Å². The highest BCUT2D eigenvalue weighted by atomic mass is 35.5. The molecule has 0 bridgehead atoms. The van der Waals surface area contributed by atoms with Crippen LogP contribution < -0.4 is 9.62 Å². The average molecular weight is 569 g/mol.